The summed E-state index contributed by atoms with van der Waals surface area (Å²) in [7, 11) is -4.73. The highest BCUT2D eigenvalue weighted by molar-refractivity contribution is 7.93. The number of anilines is 1. The maximum atomic E-state index is 13.7. The van der Waals surface area contributed by atoms with Crippen molar-refractivity contribution in [3.8, 4) is 5.69 Å². The summed E-state index contributed by atoms with van der Waals surface area (Å²) in [6.45, 7) is 3.26. The fourth-order valence-corrected chi connectivity index (χ4v) is 8.32. The van der Waals surface area contributed by atoms with Gasteiger partial charge < -0.3 is 5.32 Å². The number of hydrogen-bond acceptors (Lipinski definition) is 6. The summed E-state index contributed by atoms with van der Waals surface area (Å²) in [6, 6.07) is 12.6. The molecule has 198 valence electrons. The summed E-state index contributed by atoms with van der Waals surface area (Å²) in [5.41, 5.74) is -0.615. The SMILES string of the molecule is Cc1c(N(C)S(=O)(=O)c2cc(C(=O)N[C@]3(C)CCS(=O)(=O)C3)ccc2Cl)c(=O)n(-c2ccccc2)n1C. The van der Waals surface area contributed by atoms with Gasteiger partial charge in [-0.2, -0.15) is 0 Å². The molecular weight excluding hydrogens is 540 g/mol. The Bertz CT molecular complexity index is 1660. The van der Waals surface area contributed by atoms with Gasteiger partial charge >= 0.3 is 0 Å². The van der Waals surface area contributed by atoms with Crippen LogP contribution in [0.3, 0.4) is 0 Å². The van der Waals surface area contributed by atoms with Gasteiger partial charge in [0.15, 0.2) is 9.84 Å². The van der Waals surface area contributed by atoms with Gasteiger partial charge in [0.2, 0.25) is 0 Å². The van der Waals surface area contributed by atoms with Gasteiger partial charge in [-0.1, -0.05) is 29.8 Å². The van der Waals surface area contributed by atoms with Gasteiger partial charge in [-0.15, -0.1) is 0 Å². The Morgan fingerprint density at radius 3 is 2.41 bits per heavy atom. The molecule has 0 unspecified atom stereocenters. The van der Waals surface area contributed by atoms with E-state index in [0.29, 0.717) is 11.4 Å². The number of halogens is 1. The molecule has 1 aliphatic rings. The minimum absolute atomic E-state index is 0.00613. The normalized spacial score (nSPS) is 19.1. The highest BCUT2D eigenvalue weighted by atomic mass is 35.5. The average Bonchev–Trinajstić information content (AvgIpc) is 3.23. The van der Waals surface area contributed by atoms with E-state index in [9.17, 15) is 26.4 Å². The fraction of sp³-hybridized carbons (Fsp3) is 0.333. The quantitative estimate of drug-likeness (QED) is 0.487. The molecule has 1 aromatic heterocycles. The van der Waals surface area contributed by atoms with Crippen molar-refractivity contribution in [3.63, 3.8) is 0 Å². The van der Waals surface area contributed by atoms with E-state index in [2.05, 4.69) is 5.32 Å². The molecule has 4 rings (SSSR count). The molecule has 0 bridgehead atoms. The van der Waals surface area contributed by atoms with Gasteiger partial charge in [-0.25, -0.2) is 21.5 Å². The van der Waals surface area contributed by atoms with Crippen molar-refractivity contribution in [3.05, 3.63) is 75.2 Å². The second-order valence-electron chi connectivity index (χ2n) is 9.38. The number of carbonyl (C=O) groups excluding carboxylic acids is 1. The third-order valence-corrected chi connectivity index (χ3v) is 10.7. The molecule has 1 fully saturated rings. The lowest BCUT2D eigenvalue weighted by Crippen LogP contribution is -2.47. The maximum absolute atomic E-state index is 13.7. The Balaban J connectivity index is 1.72. The van der Waals surface area contributed by atoms with E-state index in [0.717, 1.165) is 10.4 Å². The largest absolute Gasteiger partial charge is 0.346 e. The number of benzene rings is 2. The summed E-state index contributed by atoms with van der Waals surface area (Å²) >= 11 is 6.26. The summed E-state index contributed by atoms with van der Waals surface area (Å²) in [4.78, 5) is 25.9. The van der Waals surface area contributed by atoms with E-state index >= 15 is 0 Å². The van der Waals surface area contributed by atoms with Crippen molar-refractivity contribution in [2.45, 2.75) is 30.7 Å². The summed E-state index contributed by atoms with van der Waals surface area (Å²) in [6.07, 6.45) is 0.254. The Hall–Kier alpha value is -3.09. The molecule has 2 heterocycles. The van der Waals surface area contributed by atoms with Crippen molar-refractivity contribution in [1.82, 2.24) is 14.7 Å². The van der Waals surface area contributed by atoms with Crippen LogP contribution in [0.1, 0.15) is 29.4 Å². The number of sulfone groups is 1. The first-order chi connectivity index (χ1) is 17.2. The van der Waals surface area contributed by atoms with Gasteiger partial charge in [-0.05, 0) is 50.6 Å². The summed E-state index contributed by atoms with van der Waals surface area (Å²) in [5, 5.41) is 2.58. The molecule has 1 N–H and O–H groups in total. The Morgan fingerprint density at radius 1 is 1.16 bits per heavy atom. The molecule has 10 nitrogen and oxygen atoms in total. The van der Waals surface area contributed by atoms with Crippen LogP contribution in [0.25, 0.3) is 5.69 Å². The number of aromatic nitrogens is 2. The predicted molar refractivity (Wildman–Crippen MR) is 142 cm³/mol. The number of nitrogens with one attached hydrogen (secondary N) is 1. The van der Waals surface area contributed by atoms with Crippen LogP contribution in [0.15, 0.2) is 58.2 Å². The third-order valence-electron chi connectivity index (χ3n) is 6.59. The van der Waals surface area contributed by atoms with E-state index in [1.807, 2.05) is 0 Å². The summed E-state index contributed by atoms with van der Waals surface area (Å²) in [5.74, 6) is -0.863. The van der Waals surface area contributed by atoms with Crippen molar-refractivity contribution in [1.29, 1.82) is 0 Å². The number of hydrogen-bond donors (Lipinski definition) is 1. The highest BCUT2D eigenvalue weighted by Crippen LogP contribution is 2.30. The van der Waals surface area contributed by atoms with Crippen LogP contribution in [0, 0.1) is 6.92 Å². The second-order valence-corrected chi connectivity index (χ2v) is 13.9. The average molecular weight is 567 g/mol. The highest BCUT2D eigenvalue weighted by Gasteiger charge is 2.40. The zero-order chi connectivity index (χ0) is 27.3. The Morgan fingerprint density at radius 2 is 1.81 bits per heavy atom. The molecular formula is C24H27ClN4O6S2. The molecule has 1 aliphatic heterocycles. The molecule has 2 aromatic carbocycles. The van der Waals surface area contributed by atoms with Crippen molar-refractivity contribution in [2.75, 3.05) is 22.9 Å². The number of rotatable bonds is 6. The van der Waals surface area contributed by atoms with Gasteiger partial charge in [-0.3, -0.25) is 18.6 Å². The molecule has 0 aliphatic carbocycles. The van der Waals surface area contributed by atoms with Crippen LogP contribution in [-0.2, 0) is 26.9 Å². The van der Waals surface area contributed by atoms with E-state index in [4.69, 9.17) is 11.6 Å². The van der Waals surface area contributed by atoms with Crippen LogP contribution >= 0.6 is 11.6 Å². The molecule has 1 atom stereocenters. The maximum Gasteiger partial charge on any atom is 0.296 e. The number of nitrogens with zero attached hydrogens (tertiary/aromatic N) is 3. The number of amides is 1. The molecule has 0 radical (unpaired) electrons. The molecule has 0 saturated carbocycles. The Labute approximate surface area is 220 Å². The minimum Gasteiger partial charge on any atom is -0.346 e. The van der Waals surface area contributed by atoms with Crippen molar-refractivity contribution >= 4 is 43.1 Å². The minimum atomic E-state index is -4.37. The third kappa shape index (κ3) is 4.92. The lowest BCUT2D eigenvalue weighted by Gasteiger charge is -2.24. The number of sulfonamides is 1. The van der Waals surface area contributed by atoms with E-state index in [1.165, 1.54) is 23.9 Å². The van der Waals surface area contributed by atoms with Crippen LogP contribution in [0.2, 0.25) is 5.02 Å². The molecule has 1 saturated heterocycles. The van der Waals surface area contributed by atoms with E-state index in [1.54, 1.807) is 55.9 Å². The first-order valence-electron chi connectivity index (χ1n) is 11.3. The lowest BCUT2D eigenvalue weighted by molar-refractivity contribution is 0.0915. The first-order valence-corrected chi connectivity index (χ1v) is 15.0. The molecule has 13 heteroatoms. The van der Waals surface area contributed by atoms with E-state index < -0.39 is 36.9 Å². The molecule has 37 heavy (non-hydrogen) atoms. The first kappa shape index (κ1) is 27.0. The smallest absolute Gasteiger partial charge is 0.296 e. The van der Waals surface area contributed by atoms with Gasteiger partial charge in [0, 0.05) is 19.7 Å². The van der Waals surface area contributed by atoms with Crippen LogP contribution < -0.4 is 15.2 Å². The van der Waals surface area contributed by atoms with Gasteiger partial charge in [0.25, 0.3) is 21.5 Å². The number of para-hydroxylation sites is 1. The molecule has 3 aromatic rings. The lowest BCUT2D eigenvalue weighted by atomic mass is 10.0. The van der Waals surface area contributed by atoms with Crippen molar-refractivity contribution < 1.29 is 21.6 Å². The molecule has 1 amide bonds. The van der Waals surface area contributed by atoms with E-state index in [-0.39, 0.29) is 39.1 Å². The van der Waals surface area contributed by atoms with Crippen LogP contribution in [0.5, 0.6) is 0 Å². The zero-order valence-corrected chi connectivity index (χ0v) is 23.1. The van der Waals surface area contributed by atoms with Crippen molar-refractivity contribution in [2.24, 2.45) is 7.05 Å². The Kier molecular flexibility index (Phi) is 6.80. The van der Waals surface area contributed by atoms with Crippen LogP contribution in [0.4, 0.5) is 5.69 Å². The predicted octanol–water partition coefficient (Wildman–Crippen LogP) is 2.27. The monoisotopic (exact) mass is 566 g/mol. The molecule has 0 spiro atoms. The van der Waals surface area contributed by atoms with Gasteiger partial charge in [0.1, 0.15) is 10.6 Å². The number of carbonyl (C=O) groups is 1. The zero-order valence-electron chi connectivity index (χ0n) is 20.7. The standard InChI is InChI=1S/C24H27ClN4O6S2/c1-16-21(23(31)29(27(16)3)18-8-6-5-7-9-18)28(4)37(34,35)20-14-17(10-11-19(20)25)22(30)26-24(2)12-13-36(32,33)15-24/h5-11,14H,12-13,15H2,1-4H3,(H,26,30)/t24-/m1/s1. The van der Waals surface area contributed by atoms with Crippen LogP contribution in [-0.4, -0.2) is 56.2 Å². The summed E-state index contributed by atoms with van der Waals surface area (Å²) < 4.78 is 54.9. The van der Waals surface area contributed by atoms with Gasteiger partial charge in [0.05, 0.1) is 33.4 Å². The second kappa shape index (κ2) is 9.34. The fourth-order valence-electron chi connectivity index (χ4n) is 4.48. The topological polar surface area (TPSA) is 128 Å².